The molecule has 1 aliphatic rings. The fourth-order valence-corrected chi connectivity index (χ4v) is 3.47. The Morgan fingerprint density at radius 1 is 1.45 bits per heavy atom. The Balaban J connectivity index is 1.96. The Labute approximate surface area is 127 Å². The zero-order chi connectivity index (χ0) is 14.1. The topological polar surface area (TPSA) is 37.9 Å². The maximum Gasteiger partial charge on any atom is 0.165 e. The van der Waals surface area contributed by atoms with E-state index in [0.29, 0.717) is 4.64 Å². The van der Waals surface area contributed by atoms with Gasteiger partial charge in [-0.2, -0.15) is 0 Å². The number of nitrogens with one attached hydrogen (secondary N) is 1. The normalized spacial score (nSPS) is 17.4. The highest BCUT2D eigenvalue weighted by Gasteiger charge is 2.24. The number of thioether (sulfide) groups is 1. The largest absolute Gasteiger partial charge is 0.480 e. The van der Waals surface area contributed by atoms with Gasteiger partial charge in [0, 0.05) is 21.9 Å². The molecule has 104 valence electrons. The molecule has 2 aromatic rings. The first-order chi connectivity index (χ1) is 9.69. The van der Waals surface area contributed by atoms with Crippen molar-refractivity contribution in [1.29, 1.82) is 0 Å². The van der Waals surface area contributed by atoms with Crippen LogP contribution in [0.2, 0.25) is 0 Å². The van der Waals surface area contributed by atoms with Crippen molar-refractivity contribution in [2.24, 2.45) is 0 Å². The van der Waals surface area contributed by atoms with Crippen molar-refractivity contribution in [2.75, 3.05) is 5.75 Å². The van der Waals surface area contributed by atoms with E-state index in [2.05, 4.69) is 23.0 Å². The monoisotopic (exact) mass is 304 g/mol. The molecule has 1 atom stereocenters. The Bertz CT molecular complexity index is 697. The zero-order valence-electron chi connectivity index (χ0n) is 11.5. The molecule has 2 heterocycles. The molecular weight excluding hydrogens is 288 g/mol. The molecule has 3 rings (SSSR count). The lowest BCUT2D eigenvalue weighted by Gasteiger charge is -2.25. The summed E-state index contributed by atoms with van der Waals surface area (Å²) >= 11 is 7.14. The maximum atomic E-state index is 6.05. The summed E-state index contributed by atoms with van der Waals surface area (Å²) in [7, 11) is 0. The SMILES string of the molecule is CCc1[nH]c(C2CSc3ccccc3O2)nc(=S)c1C. The summed E-state index contributed by atoms with van der Waals surface area (Å²) in [5.41, 5.74) is 2.21. The summed E-state index contributed by atoms with van der Waals surface area (Å²) in [6, 6.07) is 8.10. The first kappa shape index (κ1) is 13.6. The predicted molar refractivity (Wildman–Crippen MR) is 84.1 cm³/mol. The number of nitrogens with zero attached hydrogens (tertiary/aromatic N) is 1. The van der Waals surface area contributed by atoms with Gasteiger partial charge in [0.1, 0.15) is 16.2 Å². The molecule has 20 heavy (non-hydrogen) atoms. The summed E-state index contributed by atoms with van der Waals surface area (Å²) in [5, 5.41) is 0. The summed E-state index contributed by atoms with van der Waals surface area (Å²) < 4.78 is 6.72. The average Bonchev–Trinajstić information content (AvgIpc) is 2.49. The molecule has 1 unspecified atom stereocenters. The van der Waals surface area contributed by atoms with Crippen LogP contribution in [-0.4, -0.2) is 15.7 Å². The quantitative estimate of drug-likeness (QED) is 0.842. The molecule has 0 bridgehead atoms. The fourth-order valence-electron chi connectivity index (χ4n) is 2.26. The first-order valence-electron chi connectivity index (χ1n) is 6.67. The minimum Gasteiger partial charge on any atom is -0.480 e. The molecule has 1 aromatic carbocycles. The van der Waals surface area contributed by atoms with Crippen molar-refractivity contribution < 1.29 is 4.74 Å². The van der Waals surface area contributed by atoms with E-state index in [1.807, 2.05) is 25.1 Å². The highest BCUT2D eigenvalue weighted by molar-refractivity contribution is 7.99. The Kier molecular flexibility index (Phi) is 3.81. The molecule has 0 amide bonds. The molecule has 0 saturated carbocycles. The predicted octanol–water partition coefficient (Wildman–Crippen LogP) is 4.24. The lowest BCUT2D eigenvalue weighted by atomic mass is 10.2. The number of aromatic amines is 1. The standard InChI is InChI=1S/C15H16N2OS2/c1-3-10-9(2)15(19)17-14(16-10)12-8-20-13-7-5-4-6-11(13)18-12/h4-7,12H,3,8H2,1-2H3,(H,16,17,19). The van der Waals surface area contributed by atoms with Gasteiger partial charge in [-0.15, -0.1) is 11.8 Å². The van der Waals surface area contributed by atoms with E-state index < -0.39 is 0 Å². The van der Waals surface area contributed by atoms with Crippen LogP contribution in [0.4, 0.5) is 0 Å². The number of para-hydroxylation sites is 1. The Morgan fingerprint density at radius 2 is 2.25 bits per heavy atom. The van der Waals surface area contributed by atoms with E-state index in [4.69, 9.17) is 17.0 Å². The van der Waals surface area contributed by atoms with Crippen molar-refractivity contribution >= 4 is 24.0 Å². The average molecular weight is 304 g/mol. The number of fused-ring (bicyclic) bond motifs is 1. The van der Waals surface area contributed by atoms with Crippen LogP contribution in [0.15, 0.2) is 29.2 Å². The number of rotatable bonds is 2. The highest BCUT2D eigenvalue weighted by atomic mass is 32.2. The van der Waals surface area contributed by atoms with Crippen LogP contribution in [0.5, 0.6) is 5.75 Å². The van der Waals surface area contributed by atoms with Gasteiger partial charge in [-0.3, -0.25) is 0 Å². The van der Waals surface area contributed by atoms with E-state index in [0.717, 1.165) is 35.0 Å². The molecule has 0 radical (unpaired) electrons. The van der Waals surface area contributed by atoms with Crippen LogP contribution in [0, 0.1) is 11.6 Å². The van der Waals surface area contributed by atoms with Gasteiger partial charge in [-0.05, 0) is 25.5 Å². The van der Waals surface area contributed by atoms with Gasteiger partial charge >= 0.3 is 0 Å². The number of aryl methyl sites for hydroxylation is 1. The minimum absolute atomic E-state index is 0.0671. The number of H-pyrrole nitrogens is 1. The Morgan fingerprint density at radius 3 is 3.05 bits per heavy atom. The molecule has 1 aromatic heterocycles. The van der Waals surface area contributed by atoms with E-state index in [9.17, 15) is 0 Å². The minimum atomic E-state index is -0.0671. The second-order valence-corrected chi connectivity index (χ2v) is 6.20. The molecule has 5 heteroatoms. The van der Waals surface area contributed by atoms with E-state index in [-0.39, 0.29) is 6.10 Å². The zero-order valence-corrected chi connectivity index (χ0v) is 13.1. The number of hydrogen-bond donors (Lipinski definition) is 1. The van der Waals surface area contributed by atoms with Gasteiger partial charge in [-0.25, -0.2) is 4.98 Å². The molecule has 1 N–H and O–H groups in total. The summed E-state index contributed by atoms with van der Waals surface area (Å²) in [5.74, 6) is 2.61. The van der Waals surface area contributed by atoms with Crippen molar-refractivity contribution in [2.45, 2.75) is 31.3 Å². The first-order valence-corrected chi connectivity index (χ1v) is 8.06. The smallest absolute Gasteiger partial charge is 0.165 e. The highest BCUT2D eigenvalue weighted by Crippen LogP contribution is 2.39. The van der Waals surface area contributed by atoms with Gasteiger partial charge in [-0.1, -0.05) is 31.3 Å². The molecule has 0 fully saturated rings. The molecule has 0 saturated heterocycles. The number of aromatic nitrogens is 2. The van der Waals surface area contributed by atoms with Crippen molar-refractivity contribution in [3.05, 3.63) is 46.0 Å². The number of hydrogen-bond acceptors (Lipinski definition) is 4. The third kappa shape index (κ3) is 2.47. The van der Waals surface area contributed by atoms with Gasteiger partial charge in [0.15, 0.2) is 6.10 Å². The summed E-state index contributed by atoms with van der Waals surface area (Å²) in [4.78, 5) is 9.07. The fraction of sp³-hybridized carbons (Fsp3) is 0.333. The summed E-state index contributed by atoms with van der Waals surface area (Å²) in [6.07, 6.45) is 0.851. The van der Waals surface area contributed by atoms with Crippen LogP contribution in [-0.2, 0) is 6.42 Å². The molecule has 1 aliphatic heterocycles. The van der Waals surface area contributed by atoms with Crippen LogP contribution < -0.4 is 4.74 Å². The lowest BCUT2D eigenvalue weighted by Crippen LogP contribution is -2.19. The number of ether oxygens (including phenoxy) is 1. The van der Waals surface area contributed by atoms with E-state index in [1.54, 1.807) is 11.8 Å². The number of benzene rings is 1. The van der Waals surface area contributed by atoms with Crippen LogP contribution in [0.25, 0.3) is 0 Å². The van der Waals surface area contributed by atoms with E-state index in [1.165, 1.54) is 4.90 Å². The van der Waals surface area contributed by atoms with E-state index >= 15 is 0 Å². The van der Waals surface area contributed by atoms with Crippen LogP contribution in [0.1, 0.15) is 30.1 Å². The third-order valence-electron chi connectivity index (χ3n) is 3.44. The summed E-state index contributed by atoms with van der Waals surface area (Å²) in [6.45, 7) is 4.13. The second-order valence-electron chi connectivity index (χ2n) is 4.75. The molecule has 0 spiro atoms. The van der Waals surface area contributed by atoms with Gasteiger partial charge in [0.25, 0.3) is 0 Å². The molecular formula is C15H16N2OS2. The maximum absolute atomic E-state index is 6.05. The van der Waals surface area contributed by atoms with Crippen molar-refractivity contribution in [3.8, 4) is 5.75 Å². The molecule has 0 aliphatic carbocycles. The van der Waals surface area contributed by atoms with Gasteiger partial charge in [0.05, 0.1) is 0 Å². The van der Waals surface area contributed by atoms with Crippen LogP contribution in [0.3, 0.4) is 0 Å². The van der Waals surface area contributed by atoms with Crippen molar-refractivity contribution in [1.82, 2.24) is 9.97 Å². The lowest BCUT2D eigenvalue weighted by molar-refractivity contribution is 0.209. The second kappa shape index (κ2) is 5.58. The Hall–Kier alpha value is -1.33. The van der Waals surface area contributed by atoms with Gasteiger partial charge < -0.3 is 9.72 Å². The third-order valence-corrected chi connectivity index (χ3v) is 4.96. The van der Waals surface area contributed by atoms with Crippen LogP contribution >= 0.6 is 24.0 Å². The van der Waals surface area contributed by atoms with Gasteiger partial charge in [0.2, 0.25) is 0 Å². The molecule has 3 nitrogen and oxygen atoms in total. The van der Waals surface area contributed by atoms with Crippen molar-refractivity contribution in [3.63, 3.8) is 0 Å².